The van der Waals surface area contributed by atoms with Gasteiger partial charge in [0.2, 0.25) is 11.8 Å². The summed E-state index contributed by atoms with van der Waals surface area (Å²) in [5.74, 6) is -2.96. The van der Waals surface area contributed by atoms with Crippen LogP contribution in [0, 0.1) is 29.6 Å². The Labute approximate surface area is 294 Å². The zero-order valence-electron chi connectivity index (χ0n) is 25.0. The summed E-state index contributed by atoms with van der Waals surface area (Å²) in [5.41, 5.74) is 0.353. The molecule has 8 rings (SSSR count). The second-order valence-corrected chi connectivity index (χ2v) is 15.6. The molecule has 3 aromatic carbocycles. The van der Waals surface area contributed by atoms with E-state index in [2.05, 4.69) is 10.3 Å². The van der Waals surface area contributed by atoms with Crippen LogP contribution in [0.3, 0.4) is 0 Å². The Hall–Kier alpha value is -3.78. The van der Waals surface area contributed by atoms with Crippen LogP contribution in [-0.4, -0.2) is 34.6 Å². The molecule has 3 fully saturated rings. The van der Waals surface area contributed by atoms with Crippen molar-refractivity contribution in [3.8, 4) is 5.75 Å². The van der Waals surface area contributed by atoms with Crippen molar-refractivity contribution in [2.24, 2.45) is 29.6 Å². The second-order valence-electron chi connectivity index (χ2n) is 12.6. The molecule has 4 aromatic rings. The number of nitrogens with one attached hydrogen (secondary N) is 2. The summed E-state index contributed by atoms with van der Waals surface area (Å²) in [6.45, 7) is -0.265. The zero-order valence-corrected chi connectivity index (χ0v) is 28.1. The summed E-state index contributed by atoms with van der Waals surface area (Å²) in [6, 6.07) is 16.3. The van der Waals surface area contributed by atoms with E-state index in [0.29, 0.717) is 27.9 Å². The highest BCUT2D eigenvalue weighted by atomic mass is 35.5. The standard InChI is InChI=1S/C34H24Cl2F3N3O5S2/c35-21-9-6-16(11-22(21)36)40-23(43)13-47-18-7-4-14(5-8-18)24-25-19-12-20(28(25)48-30-29(24)49-33(46)41-30)27-26(19)31(44)42(32(27)45)17-3-1-2-15(10-17)34(37,38)39/h1-11,19-20,24-28H,12-13H2,(H,40,43)(H,41,46)/t19-,20-,24+,25-,26+,27+,28-/m1/s1. The van der Waals surface area contributed by atoms with Gasteiger partial charge in [0.15, 0.2) is 6.61 Å². The molecule has 2 N–H and O–H groups in total. The number of amides is 3. The van der Waals surface area contributed by atoms with E-state index in [9.17, 15) is 32.3 Å². The Morgan fingerprint density at radius 1 is 0.959 bits per heavy atom. The number of thiazole rings is 1. The van der Waals surface area contributed by atoms with Crippen molar-refractivity contribution < 1.29 is 32.3 Å². The Morgan fingerprint density at radius 2 is 1.69 bits per heavy atom. The van der Waals surface area contributed by atoms with E-state index in [-0.39, 0.29) is 46.1 Å². The summed E-state index contributed by atoms with van der Waals surface area (Å²) in [5, 5.41) is 4.01. The number of H-pyrrole nitrogens is 1. The minimum absolute atomic E-state index is 0.0736. The molecule has 49 heavy (non-hydrogen) atoms. The number of thioether (sulfide) groups is 1. The van der Waals surface area contributed by atoms with E-state index >= 15 is 0 Å². The maximum absolute atomic E-state index is 13.9. The number of aromatic amines is 1. The lowest BCUT2D eigenvalue weighted by Crippen LogP contribution is -2.42. The van der Waals surface area contributed by atoms with Crippen LogP contribution in [0.25, 0.3) is 0 Å². The predicted molar refractivity (Wildman–Crippen MR) is 179 cm³/mol. The average molecular weight is 747 g/mol. The fourth-order valence-corrected chi connectivity index (χ4v) is 11.3. The maximum atomic E-state index is 13.9. The number of hydrogen-bond donors (Lipinski definition) is 2. The quantitative estimate of drug-likeness (QED) is 0.199. The number of rotatable bonds is 6. The third kappa shape index (κ3) is 5.45. The van der Waals surface area contributed by atoms with Gasteiger partial charge in [-0.25, -0.2) is 0 Å². The molecule has 15 heteroatoms. The highest BCUT2D eigenvalue weighted by Gasteiger charge is 2.69. The molecule has 8 nitrogen and oxygen atoms in total. The monoisotopic (exact) mass is 745 g/mol. The molecule has 3 amide bonds. The van der Waals surface area contributed by atoms with Gasteiger partial charge < -0.3 is 15.0 Å². The number of anilines is 2. The van der Waals surface area contributed by atoms with Crippen LogP contribution in [0.15, 0.2) is 76.6 Å². The van der Waals surface area contributed by atoms with Crippen LogP contribution in [0.5, 0.6) is 5.75 Å². The van der Waals surface area contributed by atoms with Gasteiger partial charge in [-0.3, -0.25) is 24.1 Å². The molecule has 1 aromatic heterocycles. The van der Waals surface area contributed by atoms with Crippen LogP contribution in [0.2, 0.25) is 10.0 Å². The summed E-state index contributed by atoms with van der Waals surface area (Å²) < 4.78 is 46.2. The topological polar surface area (TPSA) is 109 Å². The fourth-order valence-electron chi connectivity index (χ4n) is 8.16. The molecule has 0 unspecified atom stereocenters. The van der Waals surface area contributed by atoms with Crippen molar-refractivity contribution in [1.29, 1.82) is 0 Å². The maximum Gasteiger partial charge on any atom is 0.416 e. The lowest BCUT2D eigenvalue weighted by atomic mass is 9.68. The third-order valence-corrected chi connectivity index (χ3v) is 13.3. The number of benzene rings is 3. The zero-order chi connectivity index (χ0) is 34.4. The van der Waals surface area contributed by atoms with Crippen molar-refractivity contribution in [2.45, 2.75) is 28.8 Å². The van der Waals surface area contributed by atoms with Gasteiger partial charge in [-0.15, -0.1) is 11.8 Å². The van der Waals surface area contributed by atoms with E-state index in [1.807, 2.05) is 12.1 Å². The Kier molecular flexibility index (Phi) is 7.89. The Balaban J connectivity index is 1.05. The first-order valence-corrected chi connectivity index (χ1v) is 17.8. The molecular formula is C34H24Cl2F3N3O5S2. The van der Waals surface area contributed by atoms with Crippen molar-refractivity contribution in [2.75, 3.05) is 16.8 Å². The van der Waals surface area contributed by atoms with Crippen molar-refractivity contribution in [1.82, 2.24) is 4.98 Å². The summed E-state index contributed by atoms with van der Waals surface area (Å²) in [4.78, 5) is 57.4. The number of carbonyl (C=O) groups excluding carboxylic acids is 3. The van der Waals surface area contributed by atoms with Crippen molar-refractivity contribution >= 4 is 75.4 Å². The van der Waals surface area contributed by atoms with Crippen LogP contribution in [0.4, 0.5) is 24.5 Å². The molecule has 252 valence electrons. The predicted octanol–water partition coefficient (Wildman–Crippen LogP) is 7.46. The largest absolute Gasteiger partial charge is 0.484 e. The molecule has 0 spiro atoms. The minimum atomic E-state index is -4.62. The number of aromatic nitrogens is 1. The molecule has 0 radical (unpaired) electrons. The van der Waals surface area contributed by atoms with Crippen LogP contribution in [-0.2, 0) is 20.6 Å². The molecule has 4 aliphatic rings. The van der Waals surface area contributed by atoms with E-state index in [1.165, 1.54) is 30.0 Å². The number of hydrogen-bond acceptors (Lipinski definition) is 7. The summed E-state index contributed by atoms with van der Waals surface area (Å²) >= 11 is 14.6. The SMILES string of the molecule is O=C(COc1ccc([C@@H]2c3sc(=O)[nH]c3S[C@@H]3[C@@H]4C[C@@H]([C@@H]5C(=O)N(c6cccc(C(F)(F)F)c6)C(=O)[C@@H]45)[C@H]23)cc1)Nc1ccc(Cl)c(Cl)c1. The number of imide groups is 1. The van der Waals surface area contributed by atoms with E-state index in [0.717, 1.165) is 43.8 Å². The summed E-state index contributed by atoms with van der Waals surface area (Å²) in [6.07, 6.45) is -3.99. The first-order chi connectivity index (χ1) is 23.4. The minimum Gasteiger partial charge on any atom is -0.484 e. The van der Waals surface area contributed by atoms with Gasteiger partial charge in [-0.2, -0.15) is 13.2 Å². The number of ether oxygens (including phenoxy) is 1. The number of carbonyl (C=O) groups is 3. The Bertz CT molecular complexity index is 2090. The second kappa shape index (κ2) is 11.9. The smallest absolute Gasteiger partial charge is 0.416 e. The molecule has 2 aliphatic carbocycles. The average Bonchev–Trinajstić information content (AvgIpc) is 3.80. The molecular weight excluding hydrogens is 722 g/mol. The van der Waals surface area contributed by atoms with Crippen molar-refractivity contribution in [3.05, 3.63) is 102 Å². The van der Waals surface area contributed by atoms with Crippen LogP contribution >= 0.6 is 46.3 Å². The fraction of sp³-hybridized carbons (Fsp3) is 0.294. The molecule has 1 saturated heterocycles. The van der Waals surface area contributed by atoms with E-state index < -0.39 is 41.3 Å². The lowest BCUT2D eigenvalue weighted by molar-refractivity contribution is -0.137. The molecule has 2 aliphatic heterocycles. The normalized spacial score (nSPS) is 26.8. The molecule has 2 saturated carbocycles. The molecule has 7 atom stereocenters. The first-order valence-electron chi connectivity index (χ1n) is 15.3. The van der Waals surface area contributed by atoms with E-state index in [1.54, 1.807) is 24.3 Å². The van der Waals surface area contributed by atoms with Gasteiger partial charge >= 0.3 is 11.0 Å². The van der Waals surface area contributed by atoms with Gasteiger partial charge in [0.25, 0.3) is 5.91 Å². The first kappa shape index (κ1) is 32.4. The summed E-state index contributed by atoms with van der Waals surface area (Å²) in [7, 11) is 0. The highest BCUT2D eigenvalue weighted by molar-refractivity contribution is 8.00. The number of fused-ring (bicyclic) bond motifs is 9. The lowest BCUT2D eigenvalue weighted by Gasteiger charge is -2.43. The van der Waals surface area contributed by atoms with Gasteiger partial charge in [0.05, 0.1) is 38.2 Å². The van der Waals surface area contributed by atoms with Gasteiger partial charge in [-0.05, 0) is 78.3 Å². The van der Waals surface area contributed by atoms with Crippen molar-refractivity contribution in [3.63, 3.8) is 0 Å². The number of alkyl halides is 3. The number of nitrogens with zero attached hydrogens (tertiary/aromatic N) is 1. The molecule has 2 bridgehead atoms. The Morgan fingerprint density at radius 3 is 2.41 bits per heavy atom. The van der Waals surface area contributed by atoms with Gasteiger partial charge in [0, 0.05) is 21.7 Å². The van der Waals surface area contributed by atoms with E-state index in [4.69, 9.17) is 27.9 Å². The van der Waals surface area contributed by atoms with Gasteiger partial charge in [-0.1, -0.05) is 52.7 Å². The van der Waals surface area contributed by atoms with Crippen LogP contribution < -0.4 is 19.8 Å². The molecule has 3 heterocycles. The third-order valence-electron chi connectivity index (χ3n) is 9.97. The van der Waals surface area contributed by atoms with Crippen LogP contribution in [0.1, 0.15) is 28.3 Å². The van der Waals surface area contributed by atoms with Gasteiger partial charge in [0.1, 0.15) is 5.75 Å². The number of halogens is 5. The highest BCUT2D eigenvalue weighted by Crippen LogP contribution is 2.68.